The number of anilines is 1. The zero-order chi connectivity index (χ0) is 18.8. The van der Waals surface area contributed by atoms with Gasteiger partial charge in [-0.15, -0.1) is 6.58 Å². The SMILES string of the molecule is C=CCN(c1ccc(C)c(Cl)c1)S(=O)(=O)c1ccc(OC)c(Cl)c1Cl. The van der Waals surface area contributed by atoms with E-state index in [1.165, 1.54) is 25.3 Å². The molecule has 2 aromatic rings. The summed E-state index contributed by atoms with van der Waals surface area (Å²) in [5, 5.41) is 0.389. The van der Waals surface area contributed by atoms with Crippen molar-refractivity contribution in [3.63, 3.8) is 0 Å². The maximum atomic E-state index is 13.1. The second-order valence-electron chi connectivity index (χ2n) is 5.15. The molecule has 0 aliphatic carbocycles. The third kappa shape index (κ3) is 3.90. The molecule has 0 amide bonds. The van der Waals surface area contributed by atoms with Gasteiger partial charge in [0.2, 0.25) is 0 Å². The quantitative estimate of drug-likeness (QED) is 0.592. The highest BCUT2D eigenvalue weighted by Gasteiger charge is 2.28. The van der Waals surface area contributed by atoms with Gasteiger partial charge in [-0.2, -0.15) is 0 Å². The van der Waals surface area contributed by atoms with Gasteiger partial charge in [0.1, 0.15) is 15.7 Å². The van der Waals surface area contributed by atoms with Crippen LogP contribution in [0.3, 0.4) is 0 Å². The average molecular weight is 421 g/mol. The van der Waals surface area contributed by atoms with Crippen LogP contribution in [-0.4, -0.2) is 22.1 Å². The van der Waals surface area contributed by atoms with Gasteiger partial charge < -0.3 is 4.74 Å². The maximum Gasteiger partial charge on any atom is 0.266 e. The van der Waals surface area contributed by atoms with Crippen molar-refractivity contribution in [3.8, 4) is 5.75 Å². The number of methoxy groups -OCH3 is 1. The molecule has 0 aliphatic heterocycles. The summed E-state index contributed by atoms with van der Waals surface area (Å²) in [5.74, 6) is 0.291. The molecule has 4 nitrogen and oxygen atoms in total. The van der Waals surface area contributed by atoms with Crippen molar-refractivity contribution in [1.82, 2.24) is 0 Å². The van der Waals surface area contributed by atoms with Gasteiger partial charge in [-0.25, -0.2) is 8.42 Å². The molecule has 0 radical (unpaired) electrons. The third-order valence-electron chi connectivity index (χ3n) is 3.54. The number of sulfonamides is 1. The molecule has 0 N–H and O–H groups in total. The van der Waals surface area contributed by atoms with E-state index in [1.54, 1.807) is 18.2 Å². The Kier molecular flexibility index (Phi) is 6.27. The minimum Gasteiger partial charge on any atom is -0.495 e. The van der Waals surface area contributed by atoms with Crippen LogP contribution in [0.4, 0.5) is 5.69 Å². The molecule has 0 saturated carbocycles. The van der Waals surface area contributed by atoms with Crippen LogP contribution in [0, 0.1) is 6.92 Å². The van der Waals surface area contributed by atoms with E-state index in [0.29, 0.717) is 16.5 Å². The molecular weight excluding hydrogens is 405 g/mol. The van der Waals surface area contributed by atoms with Crippen molar-refractivity contribution in [2.45, 2.75) is 11.8 Å². The van der Waals surface area contributed by atoms with Crippen molar-refractivity contribution in [2.75, 3.05) is 18.0 Å². The van der Waals surface area contributed by atoms with Gasteiger partial charge in [0, 0.05) is 5.02 Å². The first kappa shape index (κ1) is 19.9. The Balaban J connectivity index is 2.62. The number of benzene rings is 2. The van der Waals surface area contributed by atoms with Gasteiger partial charge in [-0.05, 0) is 36.8 Å². The van der Waals surface area contributed by atoms with Crippen LogP contribution >= 0.6 is 34.8 Å². The number of hydrogen-bond donors (Lipinski definition) is 0. The summed E-state index contributed by atoms with van der Waals surface area (Å²) in [7, 11) is -2.57. The summed E-state index contributed by atoms with van der Waals surface area (Å²) >= 11 is 18.4. The lowest BCUT2D eigenvalue weighted by atomic mass is 10.2. The Morgan fingerprint density at radius 3 is 2.40 bits per heavy atom. The van der Waals surface area contributed by atoms with Crippen molar-refractivity contribution in [2.24, 2.45) is 0 Å². The average Bonchev–Trinajstić information content (AvgIpc) is 2.57. The number of ether oxygens (including phenoxy) is 1. The fourth-order valence-electron chi connectivity index (χ4n) is 2.19. The Hall–Kier alpha value is -1.40. The fraction of sp³-hybridized carbons (Fsp3) is 0.176. The van der Waals surface area contributed by atoms with Crippen LogP contribution in [0.15, 0.2) is 47.9 Å². The zero-order valence-corrected chi connectivity index (χ0v) is 16.7. The molecule has 0 bridgehead atoms. The van der Waals surface area contributed by atoms with E-state index in [1.807, 2.05) is 6.92 Å². The lowest BCUT2D eigenvalue weighted by Gasteiger charge is -2.24. The molecule has 0 spiro atoms. The van der Waals surface area contributed by atoms with Gasteiger partial charge in [-0.3, -0.25) is 4.31 Å². The van der Waals surface area contributed by atoms with Crippen LogP contribution in [0.5, 0.6) is 5.75 Å². The Morgan fingerprint density at radius 2 is 1.84 bits per heavy atom. The molecular formula is C17H16Cl3NO3S. The smallest absolute Gasteiger partial charge is 0.266 e. The largest absolute Gasteiger partial charge is 0.495 e. The van der Waals surface area contributed by atoms with Crippen molar-refractivity contribution in [1.29, 1.82) is 0 Å². The first-order valence-electron chi connectivity index (χ1n) is 7.15. The molecule has 0 saturated heterocycles. The van der Waals surface area contributed by atoms with Gasteiger partial charge in [0.05, 0.1) is 24.4 Å². The predicted molar refractivity (Wildman–Crippen MR) is 104 cm³/mol. The Bertz CT molecular complexity index is 914. The number of rotatable bonds is 6. The number of hydrogen-bond acceptors (Lipinski definition) is 3. The van der Waals surface area contributed by atoms with Crippen LogP contribution in [0.25, 0.3) is 0 Å². The Morgan fingerprint density at radius 1 is 1.16 bits per heavy atom. The van der Waals surface area contributed by atoms with Crippen LogP contribution in [0.1, 0.15) is 5.56 Å². The second-order valence-corrected chi connectivity index (χ2v) is 8.15. The highest BCUT2D eigenvalue weighted by Crippen LogP contribution is 2.38. The highest BCUT2D eigenvalue weighted by molar-refractivity contribution is 7.93. The second kappa shape index (κ2) is 7.87. The summed E-state index contributed by atoms with van der Waals surface area (Å²) < 4.78 is 32.5. The molecule has 134 valence electrons. The van der Waals surface area contributed by atoms with Crippen molar-refractivity contribution >= 4 is 50.5 Å². The molecule has 2 rings (SSSR count). The van der Waals surface area contributed by atoms with Gasteiger partial charge in [0.15, 0.2) is 0 Å². The van der Waals surface area contributed by atoms with Crippen molar-refractivity contribution < 1.29 is 13.2 Å². The van der Waals surface area contributed by atoms with Gasteiger partial charge in [-0.1, -0.05) is 46.9 Å². The summed E-state index contributed by atoms with van der Waals surface area (Å²) in [6.07, 6.45) is 1.48. The minimum absolute atomic E-state index is 0.0331. The van der Waals surface area contributed by atoms with E-state index in [9.17, 15) is 8.42 Å². The van der Waals surface area contributed by atoms with E-state index in [4.69, 9.17) is 39.5 Å². The molecule has 25 heavy (non-hydrogen) atoms. The molecule has 0 fully saturated rings. The van der Waals surface area contributed by atoms with E-state index in [-0.39, 0.29) is 21.5 Å². The molecule has 8 heteroatoms. The predicted octanol–water partition coefficient (Wildman–Crippen LogP) is 5.35. The zero-order valence-electron chi connectivity index (χ0n) is 13.6. The Labute approximate surface area is 162 Å². The molecule has 0 heterocycles. The van der Waals surface area contributed by atoms with Gasteiger partial charge >= 0.3 is 0 Å². The summed E-state index contributed by atoms with van der Waals surface area (Å²) in [6.45, 7) is 5.50. The van der Waals surface area contributed by atoms with Crippen molar-refractivity contribution in [3.05, 3.63) is 63.6 Å². The van der Waals surface area contributed by atoms with Crippen LogP contribution < -0.4 is 9.04 Å². The number of aryl methyl sites for hydroxylation is 1. The number of nitrogens with zero attached hydrogens (tertiary/aromatic N) is 1. The standard InChI is InChI=1S/C17H16Cl3NO3S/c1-4-9-21(12-6-5-11(2)13(18)10-12)25(22,23)15-8-7-14(24-3)16(19)17(15)20/h4-8,10H,1,9H2,2-3H3. The van der Waals surface area contributed by atoms with Crippen LogP contribution in [0.2, 0.25) is 15.1 Å². The summed E-state index contributed by atoms with van der Waals surface area (Å²) in [6, 6.07) is 7.80. The molecule has 2 aromatic carbocycles. The van der Waals surface area contributed by atoms with Gasteiger partial charge in [0.25, 0.3) is 10.0 Å². The van der Waals surface area contributed by atoms with E-state index < -0.39 is 10.0 Å². The summed E-state index contributed by atoms with van der Waals surface area (Å²) in [4.78, 5) is -0.126. The molecule has 0 aromatic heterocycles. The van der Waals surface area contributed by atoms with Crippen LogP contribution in [-0.2, 0) is 10.0 Å². The third-order valence-corrected chi connectivity index (χ3v) is 6.76. The molecule has 0 atom stereocenters. The molecule has 0 aliphatic rings. The fourth-order valence-corrected chi connectivity index (χ4v) is 4.61. The first-order chi connectivity index (χ1) is 11.7. The summed E-state index contributed by atoms with van der Waals surface area (Å²) in [5.41, 5.74) is 1.24. The lowest BCUT2D eigenvalue weighted by molar-refractivity contribution is 0.414. The van der Waals surface area contributed by atoms with E-state index in [0.717, 1.165) is 9.87 Å². The van der Waals surface area contributed by atoms with E-state index in [2.05, 4.69) is 6.58 Å². The normalized spacial score (nSPS) is 11.2. The lowest BCUT2D eigenvalue weighted by Crippen LogP contribution is -2.31. The minimum atomic E-state index is -3.99. The highest BCUT2D eigenvalue weighted by atomic mass is 35.5. The molecule has 0 unspecified atom stereocenters. The topological polar surface area (TPSA) is 46.6 Å². The number of halogens is 3. The first-order valence-corrected chi connectivity index (χ1v) is 9.73. The van der Waals surface area contributed by atoms with E-state index >= 15 is 0 Å². The maximum absolute atomic E-state index is 13.1. The monoisotopic (exact) mass is 419 g/mol.